The van der Waals surface area contributed by atoms with Gasteiger partial charge in [0.05, 0.1) is 24.0 Å². The monoisotopic (exact) mass is 360 g/mol. The molecule has 0 fully saturated rings. The molecule has 1 N–H and O–H groups in total. The molecule has 0 aliphatic rings. The minimum Gasteiger partial charge on any atom is -0.474 e. The van der Waals surface area contributed by atoms with E-state index in [0.29, 0.717) is 17.1 Å². The molecule has 26 heavy (non-hydrogen) atoms. The van der Waals surface area contributed by atoms with Gasteiger partial charge < -0.3 is 10.1 Å². The molecule has 1 aromatic carbocycles. The largest absolute Gasteiger partial charge is 0.474 e. The summed E-state index contributed by atoms with van der Waals surface area (Å²) in [4.78, 5) is 32.8. The van der Waals surface area contributed by atoms with Gasteiger partial charge in [-0.2, -0.15) is 0 Å². The van der Waals surface area contributed by atoms with Gasteiger partial charge in [0.15, 0.2) is 0 Å². The maximum absolute atomic E-state index is 13.7. The van der Waals surface area contributed by atoms with E-state index in [9.17, 15) is 18.4 Å². The summed E-state index contributed by atoms with van der Waals surface area (Å²) in [5, 5.41) is 2.31. The van der Waals surface area contributed by atoms with Crippen LogP contribution in [-0.4, -0.2) is 27.0 Å². The van der Waals surface area contributed by atoms with Gasteiger partial charge in [0.25, 0.3) is 5.88 Å². The Labute approximate surface area is 146 Å². The number of carbonyl (C=O) groups is 1. The highest BCUT2D eigenvalue weighted by atomic mass is 19.1. The smallest absolute Gasteiger partial charge is 0.314 e. The summed E-state index contributed by atoms with van der Waals surface area (Å²) in [6.45, 7) is 1.52. The average molecular weight is 360 g/mol. The third kappa shape index (κ3) is 3.51. The summed E-state index contributed by atoms with van der Waals surface area (Å²) in [5.41, 5.74) is -0.0331. The third-order valence-electron chi connectivity index (χ3n) is 3.51. The second-order valence-electron chi connectivity index (χ2n) is 5.28. The van der Waals surface area contributed by atoms with Crippen molar-refractivity contribution in [3.63, 3.8) is 0 Å². The van der Waals surface area contributed by atoms with Crippen molar-refractivity contribution in [3.8, 4) is 5.88 Å². The maximum Gasteiger partial charge on any atom is 0.314 e. The Morgan fingerprint density at radius 3 is 2.85 bits per heavy atom. The first kappa shape index (κ1) is 17.5. The number of ether oxygens (including phenoxy) is 1. The van der Waals surface area contributed by atoms with E-state index in [4.69, 9.17) is 4.74 Å². The zero-order valence-corrected chi connectivity index (χ0v) is 13.7. The molecule has 1 amide bonds. The van der Waals surface area contributed by atoms with E-state index in [1.807, 2.05) is 0 Å². The Bertz CT molecular complexity index is 1040. The molecule has 3 aromatic rings. The van der Waals surface area contributed by atoms with Crippen LogP contribution in [0.3, 0.4) is 0 Å². The number of aromatic nitrogens is 3. The van der Waals surface area contributed by atoms with Gasteiger partial charge in [-0.3, -0.25) is 19.1 Å². The van der Waals surface area contributed by atoms with E-state index in [2.05, 4.69) is 15.3 Å². The predicted octanol–water partition coefficient (Wildman–Crippen LogP) is 2.11. The number of anilines is 1. The number of amides is 1. The number of rotatable bonds is 5. The molecule has 2 aromatic heterocycles. The lowest BCUT2D eigenvalue weighted by Gasteiger charge is -2.12. The van der Waals surface area contributed by atoms with Gasteiger partial charge in [-0.15, -0.1) is 0 Å². The fourth-order valence-corrected chi connectivity index (χ4v) is 2.39. The van der Waals surface area contributed by atoms with Crippen molar-refractivity contribution >= 4 is 22.6 Å². The Kier molecular flexibility index (Phi) is 4.87. The molecule has 0 spiro atoms. The average Bonchev–Trinajstić information content (AvgIpc) is 2.61. The lowest BCUT2D eigenvalue weighted by Crippen LogP contribution is -2.30. The molecular formula is C17H14F2N4O3. The number of hydrogen-bond donors (Lipinski definition) is 1. The summed E-state index contributed by atoms with van der Waals surface area (Å²) < 4.78 is 33.0. The molecule has 134 valence electrons. The molecule has 0 radical (unpaired) electrons. The SMILES string of the molecule is CCOc1nc2cnccc2n(CC(=O)Nc2ccc(F)cc2F)c1=O. The highest BCUT2D eigenvalue weighted by Crippen LogP contribution is 2.16. The van der Waals surface area contributed by atoms with Gasteiger partial charge >= 0.3 is 5.56 Å². The number of fused-ring (bicyclic) bond motifs is 1. The third-order valence-corrected chi connectivity index (χ3v) is 3.51. The van der Waals surface area contributed by atoms with Gasteiger partial charge in [-0.25, -0.2) is 13.8 Å². The van der Waals surface area contributed by atoms with Crippen LogP contribution >= 0.6 is 0 Å². The van der Waals surface area contributed by atoms with Crippen molar-refractivity contribution in [2.24, 2.45) is 0 Å². The van der Waals surface area contributed by atoms with E-state index >= 15 is 0 Å². The number of carbonyl (C=O) groups excluding carboxylic acids is 1. The van der Waals surface area contributed by atoms with E-state index < -0.39 is 29.6 Å². The van der Waals surface area contributed by atoms with Crippen LogP contribution in [0.1, 0.15) is 6.92 Å². The first-order valence-electron chi connectivity index (χ1n) is 7.72. The molecule has 0 unspecified atom stereocenters. The van der Waals surface area contributed by atoms with E-state index in [0.717, 1.165) is 16.7 Å². The van der Waals surface area contributed by atoms with Crippen molar-refractivity contribution in [2.45, 2.75) is 13.5 Å². The van der Waals surface area contributed by atoms with Crippen LogP contribution in [0, 0.1) is 11.6 Å². The normalized spacial score (nSPS) is 10.7. The van der Waals surface area contributed by atoms with Crippen molar-refractivity contribution in [3.05, 3.63) is 58.6 Å². The first-order chi connectivity index (χ1) is 12.5. The summed E-state index contributed by atoms with van der Waals surface area (Å²) in [6, 6.07) is 4.31. The minimum absolute atomic E-state index is 0.159. The molecule has 0 saturated carbocycles. The lowest BCUT2D eigenvalue weighted by atomic mass is 10.3. The van der Waals surface area contributed by atoms with Crippen LogP contribution in [0.5, 0.6) is 5.88 Å². The van der Waals surface area contributed by atoms with Crippen molar-refractivity contribution in [1.29, 1.82) is 0 Å². The molecule has 0 aliphatic heterocycles. The molecule has 0 atom stereocenters. The van der Waals surface area contributed by atoms with Crippen LogP contribution in [-0.2, 0) is 11.3 Å². The molecule has 9 heteroatoms. The summed E-state index contributed by atoms with van der Waals surface area (Å²) in [6.07, 6.45) is 2.89. The molecule has 2 heterocycles. The van der Waals surface area contributed by atoms with Crippen LogP contribution in [0.25, 0.3) is 11.0 Å². The van der Waals surface area contributed by atoms with E-state index in [-0.39, 0.29) is 18.2 Å². The molecule has 0 bridgehead atoms. The fraction of sp³-hybridized carbons (Fsp3) is 0.176. The fourth-order valence-electron chi connectivity index (χ4n) is 2.39. The van der Waals surface area contributed by atoms with E-state index in [1.165, 1.54) is 18.5 Å². The topological polar surface area (TPSA) is 86.1 Å². The van der Waals surface area contributed by atoms with Crippen LogP contribution in [0.15, 0.2) is 41.5 Å². The van der Waals surface area contributed by atoms with Gasteiger partial charge in [-0.05, 0) is 25.1 Å². The molecule has 3 rings (SSSR count). The Morgan fingerprint density at radius 2 is 2.12 bits per heavy atom. The summed E-state index contributed by atoms with van der Waals surface area (Å²) in [5.74, 6) is -2.49. The van der Waals surface area contributed by atoms with E-state index in [1.54, 1.807) is 6.92 Å². The van der Waals surface area contributed by atoms with Gasteiger partial charge in [0.1, 0.15) is 23.7 Å². The maximum atomic E-state index is 13.7. The minimum atomic E-state index is -0.913. The number of nitrogens with zero attached hydrogens (tertiary/aromatic N) is 3. The van der Waals surface area contributed by atoms with Crippen LogP contribution in [0.2, 0.25) is 0 Å². The first-order valence-corrected chi connectivity index (χ1v) is 7.72. The van der Waals surface area contributed by atoms with Gasteiger partial charge in [0.2, 0.25) is 5.91 Å². The summed E-state index contributed by atoms with van der Waals surface area (Å²) in [7, 11) is 0. The second kappa shape index (κ2) is 7.26. The van der Waals surface area contributed by atoms with Crippen LogP contribution < -0.4 is 15.6 Å². The number of hydrogen-bond acceptors (Lipinski definition) is 5. The Morgan fingerprint density at radius 1 is 1.31 bits per heavy atom. The molecule has 0 aliphatic carbocycles. The zero-order valence-electron chi connectivity index (χ0n) is 13.7. The van der Waals surface area contributed by atoms with Crippen molar-refractivity contribution in [2.75, 3.05) is 11.9 Å². The highest BCUT2D eigenvalue weighted by Gasteiger charge is 2.16. The van der Waals surface area contributed by atoms with Gasteiger partial charge in [0, 0.05) is 12.3 Å². The molecule has 0 saturated heterocycles. The summed E-state index contributed by atoms with van der Waals surface area (Å²) >= 11 is 0. The Balaban J connectivity index is 1.95. The number of benzene rings is 1. The van der Waals surface area contributed by atoms with Crippen LogP contribution in [0.4, 0.5) is 14.5 Å². The van der Waals surface area contributed by atoms with Gasteiger partial charge in [-0.1, -0.05) is 0 Å². The Hall–Kier alpha value is -3.36. The van der Waals surface area contributed by atoms with Crippen molar-refractivity contribution in [1.82, 2.24) is 14.5 Å². The molecule has 7 nitrogen and oxygen atoms in total. The number of nitrogens with one attached hydrogen (secondary N) is 1. The second-order valence-corrected chi connectivity index (χ2v) is 5.28. The lowest BCUT2D eigenvalue weighted by molar-refractivity contribution is -0.116. The predicted molar refractivity (Wildman–Crippen MR) is 90.0 cm³/mol. The quantitative estimate of drug-likeness (QED) is 0.753. The molecular weight excluding hydrogens is 346 g/mol. The van der Waals surface area contributed by atoms with Crippen molar-refractivity contribution < 1.29 is 18.3 Å². The zero-order chi connectivity index (χ0) is 18.7. The standard InChI is InChI=1S/C17H14F2N4O3/c1-2-26-16-17(25)23(14-5-6-20-8-13(14)22-16)9-15(24)21-12-4-3-10(18)7-11(12)19/h3-8H,2,9H2,1H3,(H,21,24). The number of pyridine rings is 1. The number of halogens is 2. The highest BCUT2D eigenvalue weighted by molar-refractivity contribution is 5.91.